The topological polar surface area (TPSA) is 91.9 Å². The molecular weight excluding hydrogens is 3520 g/mol. The normalized spacial score (nSPS) is 9.01. The van der Waals surface area contributed by atoms with Gasteiger partial charge in [-0.3, -0.25) is 0 Å². The van der Waals surface area contributed by atoms with E-state index in [-0.39, 0.29) is 11.4 Å². The first-order valence-corrected chi connectivity index (χ1v) is 140. The zero-order valence-corrected chi connectivity index (χ0v) is 135. The fourth-order valence-electron chi connectivity index (χ4n) is 7.24. The number of carbonyl (C=O) groups excluding carboxylic acids is 1. The number of hydrogen-bond acceptors (Lipinski definition) is 9. The Morgan fingerprint density at radius 2 is 0.460 bits per heavy atom. The van der Waals surface area contributed by atoms with Crippen LogP contribution in [0, 0.1) is 0 Å². The number of nitrogens with zero attached hydrogens (tertiary/aromatic N) is 2. The second kappa shape index (κ2) is 104. The van der Waals surface area contributed by atoms with Crippen molar-refractivity contribution < 1.29 is 28.9 Å². The third-order valence-corrected chi connectivity index (χ3v) is 182. The molecule has 0 bridgehead atoms. The zero-order chi connectivity index (χ0) is 99.2. The molecule has 0 atom stereocenters. The summed E-state index contributed by atoms with van der Waals surface area (Å²) in [7, 11) is 140. The summed E-state index contributed by atoms with van der Waals surface area (Å²) in [6.45, 7) is 0.874. The molecule has 0 spiro atoms. The zero-order valence-electron chi connectivity index (χ0n) is 63.6. The molecule has 8 rings (SSSR count). The molecule has 2 heterocycles. The van der Waals surface area contributed by atoms with Crippen molar-refractivity contribution in [1.29, 1.82) is 0 Å². The number of methoxy groups -OCH3 is 1. The Hall–Kier alpha value is 12.5. The quantitative estimate of drug-likeness (QED) is 0.134. The molecule has 0 saturated heterocycles. The lowest BCUT2D eigenvalue weighted by Crippen LogP contribution is -2.12. The largest absolute Gasteiger partial charge is 0.476 e. The number of benzene rings is 6. The average Bonchev–Trinajstić information content (AvgIpc) is 1.61. The van der Waals surface area contributed by atoms with Crippen LogP contribution in [0.1, 0.15) is 32.1 Å². The highest BCUT2D eigenvalue weighted by Gasteiger charge is 2.27. The molecule has 6 aromatic carbocycles. The summed E-state index contributed by atoms with van der Waals surface area (Å²) in [6.07, 6.45) is 0. The Balaban J connectivity index is 0.000000363. The van der Waals surface area contributed by atoms with Gasteiger partial charge in [0.1, 0.15) is 11.5 Å². The summed E-state index contributed by atoms with van der Waals surface area (Å²) in [4.78, 5) is 25.0. The number of carbonyl (C=O) groups is 2. The molecule has 94 heteroatoms. The Bertz CT molecular complexity index is 9630. The van der Waals surface area contributed by atoms with Gasteiger partial charge in [-0.2, -0.15) is 0 Å². The number of para-hydroxylation sites is 2. The lowest BCUT2D eigenvalue weighted by molar-refractivity contribution is 0.0585. The number of esters is 1. The Kier molecular flexibility index (Phi) is 107. The number of aromatic nitrogens is 2. The summed E-state index contributed by atoms with van der Waals surface area (Å²) in [5.74, 6) is 0.370. The van der Waals surface area contributed by atoms with Crippen LogP contribution in [-0.2, 0) is 755 Å². The van der Waals surface area contributed by atoms with Crippen LogP contribution >= 0.6 is 55.1 Å². The van der Waals surface area contributed by atoms with E-state index in [1.165, 1.54) is 42.6 Å². The first kappa shape index (κ1) is 142. The third-order valence-electron chi connectivity index (χ3n) is 11.1. The van der Waals surface area contributed by atoms with Crippen LogP contribution in [0.3, 0.4) is 0 Å². The first-order valence-electron chi connectivity index (χ1n) is 30.8. The molecule has 0 radical (unpaired) electrons. The van der Waals surface area contributed by atoms with Gasteiger partial charge in [0.2, 0.25) is 0 Å². The third kappa shape index (κ3) is 76.4. The van der Waals surface area contributed by atoms with Crippen LogP contribution in [0.25, 0.3) is 21.8 Å². The van der Waals surface area contributed by atoms with Crippen LogP contribution in [0.2, 0.25) is 10.0 Å². The van der Waals surface area contributed by atoms with E-state index in [0.29, 0.717) is 51.5 Å². The Morgan fingerprint density at radius 3 is 0.647 bits per heavy atom. The van der Waals surface area contributed by atoms with Crippen molar-refractivity contribution in [3.05, 3.63) is 187 Å². The molecule has 139 heavy (non-hydrogen) atoms. The van der Waals surface area contributed by atoms with Gasteiger partial charge in [-0.25, -0.2) is 9.59 Å². The van der Waals surface area contributed by atoms with Crippen LogP contribution in [0.15, 0.2) is 155 Å². The number of rotatable bonds is 10. The van der Waals surface area contributed by atoms with Crippen molar-refractivity contribution in [2.24, 2.45) is 0 Å². The van der Waals surface area contributed by atoms with Gasteiger partial charge in [-0.05, 0) is 96.1 Å². The fraction of sp³-hybridized carbons (Fsp3) is 0.0667. The van der Waals surface area contributed by atoms with Crippen molar-refractivity contribution in [3.63, 3.8) is 0 Å². The molecule has 0 aliphatic carbocycles. The summed E-state index contributed by atoms with van der Waals surface area (Å²) >= 11 is 38.5. The summed E-state index contributed by atoms with van der Waals surface area (Å²) in [6, 6.07) is 45.0. The SMILES string of the molecule is COC(=O)c1c(Oc2ccccc2)c2cc(Cl)ccc2n1Cc1ccc(Br)cc1.O=C(O)c1c(Oc2ccccc2)c2cc(Cl)ccc2n1Cc1ccc(Br)cc1.S=S=S=S=S=S=S=S=S=S=S=S=S=S=S=S=S=S=S=S.S=S=S=S=S=S=S=S=S=S=S=S=S=S=S=S=S=S=S=S=S=S=S=S=S=S=S=S=S=S=S=S=S=S=S=S=S=S=S=S=S=S=S=S=S=S=S=S=S=S=S=S=S=S=S=S=S=S=S=S=S=S. The minimum Gasteiger partial charge on any atom is -0.476 e. The van der Waals surface area contributed by atoms with Crippen LogP contribution in [0.4, 0.5) is 0 Å². The second-order valence-electron chi connectivity index (χ2n) is 18.0. The number of ether oxygens (including phenoxy) is 3. The molecule has 0 unspecified atom stereocenters. The number of halogens is 4. The Morgan fingerprint density at radius 1 is 0.273 bits per heavy atom. The van der Waals surface area contributed by atoms with E-state index >= 15 is 0 Å². The van der Waals surface area contributed by atoms with Crippen molar-refractivity contribution in [2.45, 2.75) is 13.1 Å². The standard InChI is InChI=1S/C23H17BrClNO3.C22H15BrClNO3.S62.S20/c1-28-23(27)21-22(29-18-5-3-2-4-6-18)19-13-17(25)11-12-20(19)26(21)14-15-7-9-16(24)10-8-15;23-15-8-6-14(7-9-15)13-25-19-11-10-16(24)12-18(19)21(20(25)22(26)27)28-17-4-2-1-3-5-17;1-3-5-7-9-11-13-15-17-19-21-23-25-27-29-31-33-35-37-39-41-43-45-47-49-51-53-55-57-59-61-62-60-58-56-54-52-50-48-46-44-42-40-38-36-34-32-30-28-26-24-22-20-18-16-14-12-10-8-6-4-2;1-3-5-7-9-11-13-15-17-19-20-18-16-14-12-10-8-6-4-2/h2-13H,14H2,1H3;1-12H,13H2,(H,26,27);;. The van der Waals surface area contributed by atoms with Crippen LogP contribution in [0.5, 0.6) is 23.0 Å². The number of carboxylic acids is 1. The lowest BCUT2D eigenvalue weighted by atomic mass is 10.2. The summed E-state index contributed by atoms with van der Waals surface area (Å²) < 4.78 is 22.9. The highest BCUT2D eigenvalue weighted by atomic mass is 79.9. The highest BCUT2D eigenvalue weighted by Crippen LogP contribution is 2.40. The van der Waals surface area contributed by atoms with E-state index in [9.17, 15) is 14.7 Å². The van der Waals surface area contributed by atoms with E-state index in [0.717, 1.165) is 36.5 Å². The average molecular weight is 3560 g/mol. The fourth-order valence-corrected chi connectivity index (χ4v) is 211. The van der Waals surface area contributed by atoms with Crippen molar-refractivity contribution in [3.8, 4) is 23.0 Å². The van der Waals surface area contributed by atoms with E-state index in [2.05, 4.69) is 31.9 Å². The molecular formula is C45H32Br2Cl2N2O6S82. The molecule has 8 nitrogen and oxygen atoms in total. The van der Waals surface area contributed by atoms with Gasteiger partial charge in [0, 0.05) is 780 Å². The number of fused-ring (bicyclic) bond motifs is 2. The minimum absolute atomic E-state index is 0.0871. The second-order valence-corrected chi connectivity index (χ2v) is 159. The number of hydrogen-bond donors (Lipinski definition) is 1. The maximum absolute atomic E-state index is 12.8. The smallest absolute Gasteiger partial charge is 0.358 e. The van der Waals surface area contributed by atoms with Crippen molar-refractivity contribution in [1.82, 2.24) is 9.13 Å². The lowest BCUT2D eigenvalue weighted by Gasteiger charge is -2.11. The van der Waals surface area contributed by atoms with Crippen LogP contribution < -0.4 is 9.47 Å². The molecule has 0 saturated carbocycles. The van der Waals surface area contributed by atoms with Gasteiger partial charge in [0.05, 0.1) is 18.1 Å². The molecule has 0 fully saturated rings. The summed E-state index contributed by atoms with van der Waals surface area (Å²) in [5.41, 5.74) is 4.03. The molecule has 0 aliphatic rings. The van der Waals surface area contributed by atoms with Crippen molar-refractivity contribution in [2.75, 3.05) is 7.11 Å². The Labute approximate surface area is 1070 Å². The van der Waals surface area contributed by atoms with E-state index < -0.39 is 11.9 Å². The molecule has 1 N–H and O–H groups in total. The molecule has 0 amide bonds. The minimum atomic E-state index is -1.06. The van der Waals surface area contributed by atoms with Gasteiger partial charge < -0.3 is 28.5 Å². The number of carboxylic acid groups (broad SMARTS) is 1. The first-order chi connectivity index (χ1) is 68.4. The van der Waals surface area contributed by atoms with Crippen molar-refractivity contribution >= 4 is 826 Å². The van der Waals surface area contributed by atoms with Crippen LogP contribution in [-0.4, -0.2) is 33.3 Å². The highest BCUT2D eigenvalue weighted by molar-refractivity contribution is 9.11. The molecule has 8 aromatic rings. The molecule has 2 aromatic heterocycles. The van der Waals surface area contributed by atoms with Gasteiger partial charge in [0.15, 0.2) is 22.9 Å². The monoisotopic (exact) mass is 3550 g/mol. The van der Waals surface area contributed by atoms with E-state index in [4.69, 9.17) is 82.2 Å². The predicted octanol–water partition coefficient (Wildman–Crippen LogP) is 13.1. The number of aromatic carboxylic acids is 1. The maximum atomic E-state index is 12.8. The summed E-state index contributed by atoms with van der Waals surface area (Å²) in [5, 5.41) is 12.5. The van der Waals surface area contributed by atoms with E-state index in [1.54, 1.807) is 290 Å². The van der Waals surface area contributed by atoms with Gasteiger partial charge in [0.25, 0.3) is 0 Å². The van der Waals surface area contributed by atoms with Gasteiger partial charge in [-0.15, -0.1) is 0 Å². The maximum Gasteiger partial charge on any atom is 0.358 e. The van der Waals surface area contributed by atoms with Gasteiger partial charge in [-0.1, -0.05) is 116 Å². The van der Waals surface area contributed by atoms with E-state index in [1.807, 2.05) is 522 Å². The molecule has 778 valence electrons. The van der Waals surface area contributed by atoms with Gasteiger partial charge >= 0.3 is 11.9 Å². The molecule has 0 aliphatic heterocycles. The predicted molar refractivity (Wildman–Crippen MR) is 836 cm³/mol.